The van der Waals surface area contributed by atoms with Crippen LogP contribution in [0.15, 0.2) is 24.3 Å². The van der Waals surface area contributed by atoms with Gasteiger partial charge in [-0.2, -0.15) is 0 Å². The van der Waals surface area contributed by atoms with Crippen molar-refractivity contribution in [1.82, 2.24) is 4.90 Å². The van der Waals surface area contributed by atoms with Gasteiger partial charge in [-0.15, -0.1) is 0 Å². The van der Waals surface area contributed by atoms with E-state index in [9.17, 15) is 4.79 Å². The van der Waals surface area contributed by atoms with Gasteiger partial charge in [-0.3, -0.25) is 4.90 Å². The molecule has 2 rings (SSSR count). The number of carbonyl (C=O) groups is 1. The number of methoxy groups -OCH3 is 1. The first-order valence-corrected chi connectivity index (χ1v) is 6.83. The van der Waals surface area contributed by atoms with E-state index in [0.717, 1.165) is 12.3 Å². The number of piperidine rings is 1. The summed E-state index contributed by atoms with van der Waals surface area (Å²) in [7, 11) is 1.38. The Labute approximate surface area is 114 Å². The highest BCUT2D eigenvalue weighted by Gasteiger charge is 2.09. The van der Waals surface area contributed by atoms with Gasteiger partial charge in [0.1, 0.15) is 12.4 Å². The molecule has 19 heavy (non-hydrogen) atoms. The molecule has 0 aromatic heterocycles. The van der Waals surface area contributed by atoms with Crippen molar-refractivity contribution in [3.05, 3.63) is 29.8 Å². The summed E-state index contributed by atoms with van der Waals surface area (Å²) in [4.78, 5) is 13.7. The Balaban J connectivity index is 1.75. The van der Waals surface area contributed by atoms with E-state index in [1.807, 2.05) is 12.1 Å². The Bertz CT molecular complexity index is 396. The Morgan fingerprint density at radius 1 is 1.16 bits per heavy atom. The van der Waals surface area contributed by atoms with Crippen LogP contribution in [-0.4, -0.2) is 44.2 Å². The van der Waals surface area contributed by atoms with Crippen molar-refractivity contribution in [3.8, 4) is 5.75 Å². The number of benzene rings is 1. The molecule has 1 aliphatic rings. The number of esters is 1. The monoisotopic (exact) mass is 263 g/mol. The molecule has 1 aliphatic heterocycles. The van der Waals surface area contributed by atoms with Crippen molar-refractivity contribution in [2.24, 2.45) is 0 Å². The van der Waals surface area contributed by atoms with Crippen molar-refractivity contribution in [3.63, 3.8) is 0 Å². The van der Waals surface area contributed by atoms with Crippen molar-refractivity contribution in [1.29, 1.82) is 0 Å². The van der Waals surface area contributed by atoms with Crippen LogP contribution < -0.4 is 4.74 Å². The average Bonchev–Trinajstić information content (AvgIpc) is 2.48. The number of ether oxygens (including phenoxy) is 2. The van der Waals surface area contributed by atoms with E-state index in [4.69, 9.17) is 4.74 Å². The Hall–Kier alpha value is -1.55. The first-order chi connectivity index (χ1) is 9.29. The van der Waals surface area contributed by atoms with Crippen LogP contribution in [0.25, 0.3) is 0 Å². The molecule has 104 valence electrons. The van der Waals surface area contributed by atoms with E-state index in [-0.39, 0.29) is 5.97 Å². The maximum Gasteiger partial charge on any atom is 0.337 e. The number of hydrogen-bond acceptors (Lipinski definition) is 4. The van der Waals surface area contributed by atoms with Crippen molar-refractivity contribution >= 4 is 5.97 Å². The summed E-state index contributed by atoms with van der Waals surface area (Å²) < 4.78 is 10.3. The quantitative estimate of drug-likeness (QED) is 0.764. The van der Waals surface area contributed by atoms with Crippen LogP contribution in [-0.2, 0) is 4.74 Å². The van der Waals surface area contributed by atoms with Crippen LogP contribution in [0.4, 0.5) is 0 Å². The fourth-order valence-corrected chi connectivity index (χ4v) is 2.28. The molecule has 0 atom stereocenters. The smallest absolute Gasteiger partial charge is 0.337 e. The lowest BCUT2D eigenvalue weighted by Gasteiger charge is -2.26. The summed E-state index contributed by atoms with van der Waals surface area (Å²) in [5, 5.41) is 0. The van der Waals surface area contributed by atoms with E-state index >= 15 is 0 Å². The molecule has 1 fully saturated rings. The minimum atomic E-state index is -0.320. The third-order valence-corrected chi connectivity index (χ3v) is 3.40. The summed E-state index contributed by atoms with van der Waals surface area (Å²) in [5.74, 6) is 0.476. The molecular formula is C15H21NO3. The molecule has 1 heterocycles. The van der Waals surface area contributed by atoms with Gasteiger partial charge in [0.25, 0.3) is 0 Å². The van der Waals surface area contributed by atoms with Crippen LogP contribution in [0.3, 0.4) is 0 Å². The first kappa shape index (κ1) is 13.9. The second kappa shape index (κ2) is 7.14. The number of nitrogens with zero attached hydrogens (tertiary/aromatic N) is 1. The molecule has 4 nitrogen and oxygen atoms in total. The zero-order valence-corrected chi connectivity index (χ0v) is 11.4. The lowest BCUT2D eigenvalue weighted by Crippen LogP contribution is -2.33. The largest absolute Gasteiger partial charge is 0.492 e. The molecule has 0 bridgehead atoms. The highest BCUT2D eigenvalue weighted by molar-refractivity contribution is 5.89. The highest BCUT2D eigenvalue weighted by Crippen LogP contribution is 2.13. The molecule has 0 unspecified atom stereocenters. The summed E-state index contributed by atoms with van der Waals surface area (Å²) in [5.41, 5.74) is 0.547. The van der Waals surface area contributed by atoms with Gasteiger partial charge in [0, 0.05) is 6.54 Å². The standard InChI is InChI=1S/C15H21NO3/c1-18-15(17)13-5-7-14(8-6-13)19-12-11-16-9-3-2-4-10-16/h5-8H,2-4,9-12H2,1H3. The number of rotatable bonds is 5. The maximum absolute atomic E-state index is 11.3. The Kier molecular flexibility index (Phi) is 5.21. The third kappa shape index (κ3) is 4.24. The predicted octanol–water partition coefficient (Wildman–Crippen LogP) is 2.34. The summed E-state index contributed by atoms with van der Waals surface area (Å²) in [6.07, 6.45) is 3.95. The normalized spacial score (nSPS) is 16.1. The topological polar surface area (TPSA) is 38.8 Å². The zero-order valence-electron chi connectivity index (χ0n) is 11.4. The molecule has 0 amide bonds. The van der Waals surface area contributed by atoms with Crippen molar-refractivity contribution in [2.45, 2.75) is 19.3 Å². The van der Waals surface area contributed by atoms with Gasteiger partial charge in [-0.05, 0) is 50.2 Å². The van der Waals surface area contributed by atoms with Gasteiger partial charge in [0.05, 0.1) is 12.7 Å². The maximum atomic E-state index is 11.3. The lowest BCUT2D eigenvalue weighted by atomic mass is 10.1. The molecule has 1 aromatic carbocycles. The zero-order chi connectivity index (χ0) is 13.5. The molecule has 0 spiro atoms. The molecule has 1 saturated heterocycles. The fraction of sp³-hybridized carbons (Fsp3) is 0.533. The molecule has 0 saturated carbocycles. The second-order valence-electron chi connectivity index (χ2n) is 4.77. The highest BCUT2D eigenvalue weighted by atomic mass is 16.5. The molecular weight excluding hydrogens is 242 g/mol. The number of hydrogen-bond donors (Lipinski definition) is 0. The van der Waals surface area contributed by atoms with Gasteiger partial charge in [-0.25, -0.2) is 4.79 Å². The van der Waals surface area contributed by atoms with E-state index in [1.165, 1.54) is 39.5 Å². The third-order valence-electron chi connectivity index (χ3n) is 3.40. The van der Waals surface area contributed by atoms with E-state index in [2.05, 4.69) is 9.64 Å². The molecule has 0 aliphatic carbocycles. The van der Waals surface area contributed by atoms with Crippen molar-refractivity contribution < 1.29 is 14.3 Å². The van der Waals surface area contributed by atoms with E-state index < -0.39 is 0 Å². The minimum absolute atomic E-state index is 0.320. The lowest BCUT2D eigenvalue weighted by molar-refractivity contribution is 0.0600. The van der Waals surface area contributed by atoms with Crippen LogP contribution in [0.5, 0.6) is 5.75 Å². The average molecular weight is 263 g/mol. The molecule has 1 aromatic rings. The van der Waals surface area contributed by atoms with Gasteiger partial charge in [0.2, 0.25) is 0 Å². The predicted molar refractivity (Wildman–Crippen MR) is 73.6 cm³/mol. The molecule has 0 N–H and O–H groups in total. The van der Waals surface area contributed by atoms with Gasteiger partial charge in [0.15, 0.2) is 0 Å². The van der Waals surface area contributed by atoms with Gasteiger partial charge < -0.3 is 9.47 Å². The molecule has 0 radical (unpaired) electrons. The summed E-state index contributed by atoms with van der Waals surface area (Å²) in [6, 6.07) is 7.06. The number of likely N-dealkylation sites (tertiary alicyclic amines) is 1. The van der Waals surface area contributed by atoms with Crippen LogP contribution in [0, 0.1) is 0 Å². The van der Waals surface area contributed by atoms with Crippen LogP contribution in [0.1, 0.15) is 29.6 Å². The van der Waals surface area contributed by atoms with Crippen LogP contribution >= 0.6 is 0 Å². The minimum Gasteiger partial charge on any atom is -0.492 e. The van der Waals surface area contributed by atoms with Gasteiger partial charge in [-0.1, -0.05) is 6.42 Å². The Morgan fingerprint density at radius 2 is 1.84 bits per heavy atom. The second-order valence-corrected chi connectivity index (χ2v) is 4.77. The van der Waals surface area contributed by atoms with Gasteiger partial charge >= 0.3 is 5.97 Å². The van der Waals surface area contributed by atoms with E-state index in [1.54, 1.807) is 12.1 Å². The van der Waals surface area contributed by atoms with Crippen molar-refractivity contribution in [2.75, 3.05) is 33.4 Å². The summed E-state index contributed by atoms with van der Waals surface area (Å²) in [6.45, 7) is 4.03. The summed E-state index contributed by atoms with van der Waals surface area (Å²) >= 11 is 0. The number of carbonyl (C=O) groups excluding carboxylic acids is 1. The molecule has 4 heteroatoms. The van der Waals surface area contributed by atoms with Crippen LogP contribution in [0.2, 0.25) is 0 Å². The SMILES string of the molecule is COC(=O)c1ccc(OCCN2CCCCC2)cc1. The Morgan fingerprint density at radius 3 is 2.47 bits per heavy atom. The first-order valence-electron chi connectivity index (χ1n) is 6.83. The van der Waals surface area contributed by atoms with E-state index in [0.29, 0.717) is 12.2 Å². The fourth-order valence-electron chi connectivity index (χ4n) is 2.28.